The number of carbonyl (C=O) groups excluding carboxylic acids is 1. The third kappa shape index (κ3) is 3.63. The van der Waals surface area contributed by atoms with E-state index in [-0.39, 0.29) is 16.5 Å². The van der Waals surface area contributed by atoms with Crippen molar-refractivity contribution in [1.82, 2.24) is 29.9 Å². The van der Waals surface area contributed by atoms with Crippen LogP contribution in [0.15, 0.2) is 24.8 Å². The Kier molecular flexibility index (Phi) is 5.38. The van der Waals surface area contributed by atoms with Crippen molar-refractivity contribution in [2.45, 2.75) is 0 Å². The molecule has 0 aliphatic rings. The van der Waals surface area contributed by atoms with Crippen LogP contribution in [0.5, 0.6) is 5.75 Å². The molecule has 0 saturated carbocycles. The molecule has 0 aliphatic heterocycles. The first-order chi connectivity index (χ1) is 12.5. The van der Waals surface area contributed by atoms with Gasteiger partial charge in [0.25, 0.3) is 0 Å². The molecule has 1 N–H and O–H groups in total. The molecule has 26 heavy (non-hydrogen) atoms. The van der Waals surface area contributed by atoms with Crippen LogP contribution in [-0.4, -0.2) is 41.4 Å². The van der Waals surface area contributed by atoms with Crippen LogP contribution in [0.4, 0.5) is 11.4 Å². The van der Waals surface area contributed by atoms with Gasteiger partial charge in [-0.05, 0) is 0 Å². The topological polar surface area (TPSA) is 125 Å². The van der Waals surface area contributed by atoms with E-state index in [4.69, 9.17) is 16.3 Å². The molecule has 3 aromatic rings. The number of ether oxygens (including phenoxy) is 1. The summed E-state index contributed by atoms with van der Waals surface area (Å²) in [5.74, 6) is 0.846. The van der Waals surface area contributed by atoms with Gasteiger partial charge in [0.15, 0.2) is 0 Å². The molecule has 0 bridgehead atoms. The van der Waals surface area contributed by atoms with Gasteiger partial charge < -0.3 is 0 Å². The van der Waals surface area contributed by atoms with Crippen LogP contribution >= 0.6 is 11.6 Å². The zero-order valence-corrected chi connectivity index (χ0v) is 17.5. The van der Waals surface area contributed by atoms with Crippen LogP contribution in [0.1, 0.15) is 10.5 Å². The number of halogens is 1. The second kappa shape index (κ2) is 7.71. The number of hydrogen-bond donors (Lipinski definition) is 1. The molecule has 0 aromatic carbocycles. The van der Waals surface area contributed by atoms with Crippen molar-refractivity contribution in [2.24, 2.45) is 7.05 Å². The Hall–Kier alpha value is -2.65. The van der Waals surface area contributed by atoms with E-state index in [0.717, 1.165) is 0 Å². The Morgan fingerprint density at radius 3 is 2.77 bits per heavy atom. The number of aromatic nitrogens is 6. The first-order valence-corrected chi connectivity index (χ1v) is 10.4. The number of nitrogens with one attached hydrogen (secondary N) is 1. The van der Waals surface area contributed by atoms with Crippen LogP contribution in [0, 0.1) is 0 Å². The van der Waals surface area contributed by atoms with Crippen molar-refractivity contribution in [3.63, 3.8) is 0 Å². The van der Waals surface area contributed by atoms with Gasteiger partial charge in [-0.3, -0.25) is 0 Å². The van der Waals surface area contributed by atoms with Crippen molar-refractivity contribution in [2.75, 3.05) is 12.4 Å². The second-order valence-corrected chi connectivity index (χ2v) is 7.47. The van der Waals surface area contributed by atoms with E-state index in [9.17, 15) is 8.37 Å². The quantitative estimate of drug-likeness (QED) is 0.586. The fourth-order valence-electron chi connectivity index (χ4n) is 2.26. The van der Waals surface area contributed by atoms with Crippen LogP contribution in [0.2, 0.25) is 5.15 Å². The summed E-state index contributed by atoms with van der Waals surface area (Å²) in [5, 5.41) is 14.7. The normalized spacial score (nSPS) is 10.3. The Morgan fingerprint density at radius 2 is 2.12 bits per heavy atom. The van der Waals surface area contributed by atoms with E-state index in [0.29, 0.717) is 22.8 Å². The van der Waals surface area contributed by atoms with E-state index in [1.165, 1.54) is 19.4 Å². The molecule has 0 spiro atoms. The van der Waals surface area contributed by atoms with E-state index in [1.54, 1.807) is 24.3 Å². The molecule has 0 saturated heterocycles. The fraction of sp³-hybridized carbons (Fsp3) is 0.143. The SMILES string of the molecule is COc1c(Nc2cc(Cl)nnc2[C](=O)[Zn]=[O])cncc1-c1ncn(C)n1. The molecule has 129 valence electrons. The molecule has 0 fully saturated rings. The fourth-order valence-corrected chi connectivity index (χ4v) is 3.24. The maximum absolute atomic E-state index is 11.9. The van der Waals surface area contributed by atoms with Crippen LogP contribution in [-0.2, 0) is 27.7 Å². The standard InChI is InChI=1S/C14H11ClN7O2.O.Zn/c1-22-7-17-14(21-22)8-4-16-5-10(13(8)24-2)18-9-3-12(15)20-19-11(9)6-23;;/h3-5,7H,1-2H3,(H,18,20);;. The molecule has 0 aliphatic carbocycles. The molecule has 0 atom stereocenters. The van der Waals surface area contributed by atoms with Gasteiger partial charge in [-0.2, -0.15) is 0 Å². The van der Waals surface area contributed by atoms with Gasteiger partial charge in [0.2, 0.25) is 0 Å². The Labute approximate surface area is 159 Å². The number of pyridine rings is 1. The average molecular weight is 426 g/mol. The molecule has 0 amide bonds. The van der Waals surface area contributed by atoms with Crippen LogP contribution in [0.25, 0.3) is 11.4 Å². The van der Waals surface area contributed by atoms with Crippen molar-refractivity contribution in [1.29, 1.82) is 0 Å². The number of aryl methyl sites for hydroxylation is 1. The number of methoxy groups -OCH3 is 1. The van der Waals surface area contributed by atoms with E-state index >= 15 is 0 Å². The van der Waals surface area contributed by atoms with Gasteiger partial charge in [-0.15, -0.1) is 0 Å². The molecule has 3 aromatic heterocycles. The molecular weight excluding hydrogens is 415 g/mol. The number of anilines is 2. The third-order valence-corrected chi connectivity index (χ3v) is 4.81. The van der Waals surface area contributed by atoms with Gasteiger partial charge in [-0.1, -0.05) is 0 Å². The summed E-state index contributed by atoms with van der Waals surface area (Å²) >= 11 is 3.26. The monoisotopic (exact) mass is 424 g/mol. The van der Waals surface area contributed by atoms with Gasteiger partial charge in [-0.25, -0.2) is 0 Å². The van der Waals surface area contributed by atoms with Crippen molar-refractivity contribution in [3.05, 3.63) is 35.6 Å². The zero-order valence-electron chi connectivity index (χ0n) is 13.8. The molecule has 10 nitrogen and oxygen atoms in total. The van der Waals surface area contributed by atoms with Gasteiger partial charge in [0, 0.05) is 0 Å². The number of rotatable bonds is 6. The first-order valence-electron chi connectivity index (χ1n) is 7.33. The second-order valence-electron chi connectivity index (χ2n) is 5.13. The minimum atomic E-state index is -2.62. The van der Waals surface area contributed by atoms with Crippen molar-refractivity contribution in [3.8, 4) is 17.1 Å². The predicted molar refractivity (Wildman–Crippen MR) is 86.1 cm³/mol. The molecule has 12 heteroatoms. The summed E-state index contributed by atoms with van der Waals surface area (Å²) in [4.78, 5) is 20.2. The summed E-state index contributed by atoms with van der Waals surface area (Å²) < 4.78 is 17.6. The first kappa shape index (κ1) is 18.2. The molecular formula is C14H11ClN7O3Zn. The van der Waals surface area contributed by atoms with Crippen LogP contribution < -0.4 is 10.1 Å². The van der Waals surface area contributed by atoms with Gasteiger partial charge in [0.05, 0.1) is 0 Å². The summed E-state index contributed by atoms with van der Waals surface area (Å²) in [6, 6.07) is 1.42. The van der Waals surface area contributed by atoms with Crippen molar-refractivity contribution < 1.29 is 30.2 Å². The molecule has 0 unspecified atom stereocenters. The van der Waals surface area contributed by atoms with Gasteiger partial charge >= 0.3 is 160 Å². The minimum absolute atomic E-state index is 0.0344. The number of nitrogens with zero attached hydrogens (tertiary/aromatic N) is 6. The number of hydrogen-bond acceptors (Lipinski definition) is 9. The van der Waals surface area contributed by atoms with E-state index < -0.39 is 21.5 Å². The Bertz CT molecular complexity index is 994. The molecule has 3 heterocycles. The molecule has 0 radical (unpaired) electrons. The summed E-state index contributed by atoms with van der Waals surface area (Å²) in [5.41, 5.74) is 1.23. The third-order valence-electron chi connectivity index (χ3n) is 3.37. The average Bonchev–Trinajstić information content (AvgIpc) is 3.07. The van der Waals surface area contributed by atoms with Crippen LogP contribution in [0.3, 0.4) is 0 Å². The molecule has 3 rings (SSSR count). The predicted octanol–water partition coefficient (Wildman–Crippen LogP) is 1.64. The Morgan fingerprint density at radius 1 is 1.31 bits per heavy atom. The summed E-state index contributed by atoms with van der Waals surface area (Å²) in [6.45, 7) is 0. The van der Waals surface area contributed by atoms with Gasteiger partial charge in [0.1, 0.15) is 0 Å². The van der Waals surface area contributed by atoms with E-state index in [2.05, 4.69) is 30.6 Å². The number of carbonyl (C=O) groups is 1. The van der Waals surface area contributed by atoms with E-state index in [1.807, 2.05) is 0 Å². The zero-order chi connectivity index (χ0) is 18.7. The maximum atomic E-state index is 11.9. The summed E-state index contributed by atoms with van der Waals surface area (Å²) in [7, 11) is 3.24. The summed E-state index contributed by atoms with van der Waals surface area (Å²) in [6.07, 6.45) is 4.63. The Balaban J connectivity index is 2.08. The van der Waals surface area contributed by atoms with Crippen molar-refractivity contribution >= 4 is 27.4 Å².